The van der Waals surface area contributed by atoms with E-state index < -0.39 is 0 Å². The van der Waals surface area contributed by atoms with E-state index in [0.717, 1.165) is 63.2 Å². The molecular weight excluding hydrogens is 456 g/mol. The highest BCUT2D eigenvalue weighted by molar-refractivity contribution is 7.80. The Labute approximate surface area is 213 Å². The van der Waals surface area contributed by atoms with Crippen molar-refractivity contribution in [2.24, 2.45) is 0 Å². The first kappa shape index (κ1) is 23.9. The van der Waals surface area contributed by atoms with E-state index in [1.54, 1.807) is 0 Å². The predicted octanol–water partition coefficient (Wildman–Crippen LogP) is 3.79. The van der Waals surface area contributed by atoms with Gasteiger partial charge in [0.15, 0.2) is 5.11 Å². The number of rotatable bonds is 8. The van der Waals surface area contributed by atoms with E-state index in [-0.39, 0.29) is 12.1 Å². The van der Waals surface area contributed by atoms with Gasteiger partial charge in [-0.05, 0) is 73.9 Å². The van der Waals surface area contributed by atoms with Crippen LogP contribution in [0.5, 0.6) is 0 Å². The van der Waals surface area contributed by atoms with Crippen molar-refractivity contribution in [2.45, 2.75) is 45.4 Å². The number of nitrogens with zero attached hydrogens (tertiary/aromatic N) is 5. The van der Waals surface area contributed by atoms with Crippen molar-refractivity contribution in [2.75, 3.05) is 32.8 Å². The van der Waals surface area contributed by atoms with Gasteiger partial charge in [-0.2, -0.15) is 0 Å². The SMILES string of the molecule is Cc1cc([C@H]2[C@H](c3ccccn3)NC(=S)N2Cc2ccncc2)c(C)n1CCCN1CCOCC1. The van der Waals surface area contributed by atoms with Crippen molar-refractivity contribution in [1.82, 2.24) is 29.7 Å². The molecule has 0 aliphatic carbocycles. The van der Waals surface area contributed by atoms with Gasteiger partial charge < -0.3 is 19.5 Å². The Kier molecular flexibility index (Phi) is 7.41. The molecule has 5 rings (SSSR count). The van der Waals surface area contributed by atoms with Gasteiger partial charge in [0.25, 0.3) is 0 Å². The molecule has 0 saturated carbocycles. The molecule has 7 nitrogen and oxygen atoms in total. The molecular formula is C27H34N6OS. The molecule has 0 amide bonds. The summed E-state index contributed by atoms with van der Waals surface area (Å²) in [5.41, 5.74) is 6.11. The third kappa shape index (κ3) is 5.24. The van der Waals surface area contributed by atoms with Gasteiger partial charge in [-0.25, -0.2) is 0 Å². The number of pyridine rings is 2. The third-order valence-corrected chi connectivity index (χ3v) is 7.54. The average Bonchev–Trinajstić information content (AvgIpc) is 3.36. The maximum atomic E-state index is 5.87. The fourth-order valence-corrected chi connectivity index (χ4v) is 5.65. The van der Waals surface area contributed by atoms with Gasteiger partial charge in [-0.15, -0.1) is 0 Å². The molecule has 35 heavy (non-hydrogen) atoms. The van der Waals surface area contributed by atoms with Gasteiger partial charge in [-0.1, -0.05) is 6.07 Å². The van der Waals surface area contributed by atoms with Gasteiger partial charge in [0, 0.05) is 62.7 Å². The zero-order valence-electron chi connectivity index (χ0n) is 20.6. The summed E-state index contributed by atoms with van der Waals surface area (Å²) >= 11 is 5.87. The Hall–Kier alpha value is -2.81. The number of nitrogens with one attached hydrogen (secondary N) is 1. The van der Waals surface area contributed by atoms with Crippen molar-refractivity contribution in [3.63, 3.8) is 0 Å². The second kappa shape index (κ2) is 10.8. The fourth-order valence-electron chi connectivity index (χ4n) is 5.35. The molecule has 5 heterocycles. The topological polar surface area (TPSA) is 58.5 Å². The highest BCUT2D eigenvalue weighted by Gasteiger charge is 2.41. The number of aromatic nitrogens is 3. The average molecular weight is 491 g/mol. The van der Waals surface area contributed by atoms with Crippen LogP contribution in [0.3, 0.4) is 0 Å². The Bertz CT molecular complexity index is 1130. The lowest BCUT2D eigenvalue weighted by Crippen LogP contribution is -2.37. The molecule has 2 saturated heterocycles. The minimum Gasteiger partial charge on any atom is -0.379 e. The Balaban J connectivity index is 1.42. The fraction of sp³-hybridized carbons (Fsp3) is 0.444. The first-order valence-corrected chi connectivity index (χ1v) is 12.9. The van der Waals surface area contributed by atoms with E-state index in [1.165, 1.54) is 22.5 Å². The van der Waals surface area contributed by atoms with Crippen molar-refractivity contribution in [3.8, 4) is 0 Å². The molecule has 0 unspecified atom stereocenters. The first-order chi connectivity index (χ1) is 17.1. The molecule has 0 aromatic carbocycles. The molecule has 3 aromatic rings. The zero-order chi connectivity index (χ0) is 24.2. The van der Waals surface area contributed by atoms with Crippen LogP contribution in [0.15, 0.2) is 55.0 Å². The lowest BCUT2D eigenvalue weighted by molar-refractivity contribution is 0.0369. The summed E-state index contributed by atoms with van der Waals surface area (Å²) in [5.74, 6) is 0. The number of ether oxygens (including phenoxy) is 1. The minimum atomic E-state index is -0.00663. The van der Waals surface area contributed by atoms with Crippen molar-refractivity contribution in [1.29, 1.82) is 0 Å². The highest BCUT2D eigenvalue weighted by atomic mass is 32.1. The van der Waals surface area contributed by atoms with Crippen molar-refractivity contribution >= 4 is 17.3 Å². The smallest absolute Gasteiger partial charge is 0.170 e. The lowest BCUT2D eigenvalue weighted by Gasteiger charge is -2.28. The van der Waals surface area contributed by atoms with E-state index >= 15 is 0 Å². The molecule has 3 aromatic heterocycles. The van der Waals surface area contributed by atoms with Crippen LogP contribution in [-0.4, -0.2) is 62.3 Å². The van der Waals surface area contributed by atoms with Crippen LogP contribution < -0.4 is 5.32 Å². The molecule has 0 radical (unpaired) electrons. The van der Waals surface area contributed by atoms with Crippen LogP contribution in [-0.2, 0) is 17.8 Å². The maximum Gasteiger partial charge on any atom is 0.170 e. The summed E-state index contributed by atoms with van der Waals surface area (Å²) in [6, 6.07) is 12.6. The summed E-state index contributed by atoms with van der Waals surface area (Å²) in [6.07, 6.45) is 6.67. The Morgan fingerprint density at radius 3 is 2.60 bits per heavy atom. The van der Waals surface area contributed by atoms with Crippen LogP contribution >= 0.6 is 12.2 Å². The highest BCUT2D eigenvalue weighted by Crippen LogP contribution is 2.41. The number of aryl methyl sites for hydroxylation is 1. The molecule has 184 valence electrons. The molecule has 2 aliphatic heterocycles. The summed E-state index contributed by atoms with van der Waals surface area (Å²) in [6.45, 7) is 11.1. The van der Waals surface area contributed by atoms with E-state index in [2.05, 4.69) is 62.8 Å². The number of hydrogen-bond acceptors (Lipinski definition) is 5. The van der Waals surface area contributed by atoms with Crippen LogP contribution in [0.2, 0.25) is 0 Å². The first-order valence-electron chi connectivity index (χ1n) is 12.5. The number of hydrogen-bond donors (Lipinski definition) is 1. The molecule has 2 fully saturated rings. The molecule has 2 aliphatic rings. The van der Waals surface area contributed by atoms with Crippen LogP contribution in [0.1, 0.15) is 46.7 Å². The third-order valence-electron chi connectivity index (χ3n) is 7.19. The Morgan fingerprint density at radius 2 is 1.86 bits per heavy atom. The summed E-state index contributed by atoms with van der Waals surface area (Å²) in [5, 5.41) is 4.35. The second-order valence-electron chi connectivity index (χ2n) is 9.40. The van der Waals surface area contributed by atoms with Gasteiger partial charge in [-0.3, -0.25) is 14.9 Å². The molecule has 8 heteroatoms. The van der Waals surface area contributed by atoms with E-state index in [4.69, 9.17) is 21.9 Å². The van der Waals surface area contributed by atoms with E-state index in [0.29, 0.717) is 0 Å². The summed E-state index contributed by atoms with van der Waals surface area (Å²) in [4.78, 5) is 13.7. The van der Waals surface area contributed by atoms with Gasteiger partial charge in [0.05, 0.1) is 31.0 Å². The minimum absolute atomic E-state index is 0.00663. The maximum absolute atomic E-state index is 5.87. The molecule has 0 spiro atoms. The van der Waals surface area contributed by atoms with Gasteiger partial charge >= 0.3 is 0 Å². The van der Waals surface area contributed by atoms with Crippen LogP contribution in [0.25, 0.3) is 0 Å². The largest absolute Gasteiger partial charge is 0.379 e. The quantitative estimate of drug-likeness (QED) is 0.482. The number of thiocarbonyl (C=S) groups is 1. The lowest BCUT2D eigenvalue weighted by atomic mass is 9.96. The summed E-state index contributed by atoms with van der Waals surface area (Å²) < 4.78 is 7.96. The Morgan fingerprint density at radius 1 is 1.06 bits per heavy atom. The van der Waals surface area contributed by atoms with Gasteiger partial charge in [0.2, 0.25) is 0 Å². The standard InChI is InChI=1S/C27H34N6OS/c1-20-18-23(21(2)32(20)13-5-12-31-14-16-34-17-15-31)26-25(24-6-3-4-9-29-24)30-27(35)33(26)19-22-7-10-28-11-8-22/h3-4,6-11,18,25-26H,5,12-17,19H2,1-2H3,(H,30,35)/t25-,26-/m0/s1. The zero-order valence-corrected chi connectivity index (χ0v) is 21.4. The van der Waals surface area contributed by atoms with Crippen LogP contribution in [0.4, 0.5) is 0 Å². The second-order valence-corrected chi connectivity index (χ2v) is 9.78. The molecule has 1 N–H and O–H groups in total. The molecule has 2 atom stereocenters. The summed E-state index contributed by atoms with van der Waals surface area (Å²) in [7, 11) is 0. The van der Waals surface area contributed by atoms with Crippen molar-refractivity contribution in [3.05, 3.63) is 83.2 Å². The molecule has 0 bridgehead atoms. The predicted molar refractivity (Wildman–Crippen MR) is 141 cm³/mol. The van der Waals surface area contributed by atoms with E-state index in [9.17, 15) is 0 Å². The normalized spacial score (nSPS) is 20.9. The number of morpholine rings is 1. The van der Waals surface area contributed by atoms with Gasteiger partial charge in [0.1, 0.15) is 0 Å². The van der Waals surface area contributed by atoms with E-state index in [1.807, 2.05) is 30.7 Å². The van der Waals surface area contributed by atoms with Crippen molar-refractivity contribution < 1.29 is 4.74 Å². The monoisotopic (exact) mass is 490 g/mol. The van der Waals surface area contributed by atoms with Crippen LogP contribution in [0, 0.1) is 13.8 Å².